The Kier molecular flexibility index (Phi) is 12.1. The molecule has 3 aromatic heterocycles. The lowest BCUT2D eigenvalue weighted by Crippen LogP contribution is -2.08. The van der Waals surface area contributed by atoms with E-state index in [0.29, 0.717) is 5.56 Å². The standard InChI is InChI=1S/C7H12N2.C6H7F3N2.C6H8F2N2.2CH4/c1-5-6(2)8-9(4)7(5)3;1-4-3-11(2)10-5(4)6(7,8)9;1-4-3-10(2)9-5(4)6(7)8;;/h1-4H3;3H,1-2H3;3,6H,1-2H3;2*1H4. The first-order chi connectivity index (χ1) is 13.6. The number of nitrogens with zero attached hydrogens (tertiary/aromatic N) is 6. The molecule has 3 heterocycles. The van der Waals surface area contributed by atoms with E-state index >= 15 is 0 Å². The molecule has 0 atom stereocenters. The molecular weight excluding hydrogens is 431 g/mol. The lowest BCUT2D eigenvalue weighted by molar-refractivity contribution is -0.141. The van der Waals surface area contributed by atoms with Crippen molar-refractivity contribution in [2.24, 2.45) is 21.1 Å². The Morgan fingerprint density at radius 1 is 0.781 bits per heavy atom. The largest absolute Gasteiger partial charge is 0.435 e. The Bertz CT molecular complexity index is 944. The van der Waals surface area contributed by atoms with Crippen LogP contribution in [0.1, 0.15) is 60.7 Å². The van der Waals surface area contributed by atoms with Gasteiger partial charge < -0.3 is 0 Å². The van der Waals surface area contributed by atoms with Crippen molar-refractivity contribution in [3.05, 3.63) is 51.9 Å². The normalized spacial score (nSPS) is 10.4. The molecule has 3 aromatic rings. The van der Waals surface area contributed by atoms with E-state index in [1.165, 1.54) is 36.1 Å². The van der Waals surface area contributed by atoms with E-state index in [1.54, 1.807) is 20.2 Å². The van der Waals surface area contributed by atoms with Crippen LogP contribution in [0.25, 0.3) is 0 Å². The van der Waals surface area contributed by atoms with E-state index in [4.69, 9.17) is 0 Å². The van der Waals surface area contributed by atoms with Gasteiger partial charge in [0.2, 0.25) is 0 Å². The zero-order chi connectivity index (χ0) is 23.4. The molecule has 0 spiro atoms. The molecule has 0 bridgehead atoms. The quantitative estimate of drug-likeness (QED) is 0.412. The van der Waals surface area contributed by atoms with Gasteiger partial charge in [0.1, 0.15) is 5.69 Å². The second-order valence-electron chi connectivity index (χ2n) is 6.92. The average Bonchev–Trinajstić information content (AvgIpc) is 3.20. The molecular formula is C21H35F5N6. The third kappa shape index (κ3) is 8.43. The molecule has 184 valence electrons. The second kappa shape index (κ2) is 12.4. The molecule has 11 heteroatoms. The van der Waals surface area contributed by atoms with E-state index in [1.807, 2.05) is 18.7 Å². The predicted molar refractivity (Wildman–Crippen MR) is 117 cm³/mol. The molecule has 32 heavy (non-hydrogen) atoms. The average molecular weight is 467 g/mol. The van der Waals surface area contributed by atoms with Crippen LogP contribution in [0.3, 0.4) is 0 Å². The van der Waals surface area contributed by atoms with Crippen molar-refractivity contribution in [2.75, 3.05) is 0 Å². The van der Waals surface area contributed by atoms with Gasteiger partial charge in [-0.2, -0.15) is 28.5 Å². The first-order valence-electron chi connectivity index (χ1n) is 8.97. The first-order valence-corrected chi connectivity index (χ1v) is 8.97. The van der Waals surface area contributed by atoms with Gasteiger partial charge in [-0.15, -0.1) is 0 Å². The van der Waals surface area contributed by atoms with Crippen molar-refractivity contribution in [3.63, 3.8) is 0 Å². The van der Waals surface area contributed by atoms with Crippen LogP contribution in [0.2, 0.25) is 0 Å². The Balaban J connectivity index is 0. The molecule has 0 aromatic carbocycles. The van der Waals surface area contributed by atoms with Crippen molar-refractivity contribution in [1.82, 2.24) is 29.3 Å². The molecule has 0 aliphatic carbocycles. The summed E-state index contributed by atoms with van der Waals surface area (Å²) in [6, 6.07) is 0. The van der Waals surface area contributed by atoms with Gasteiger partial charge in [-0.1, -0.05) is 14.9 Å². The summed E-state index contributed by atoms with van der Waals surface area (Å²) in [5, 5.41) is 11.1. The molecule has 0 amide bonds. The van der Waals surface area contributed by atoms with Gasteiger partial charge in [0.15, 0.2) is 5.69 Å². The van der Waals surface area contributed by atoms with Crippen LogP contribution in [0.5, 0.6) is 0 Å². The summed E-state index contributed by atoms with van der Waals surface area (Å²) < 4.78 is 64.3. The summed E-state index contributed by atoms with van der Waals surface area (Å²) in [5.74, 6) is 0. The summed E-state index contributed by atoms with van der Waals surface area (Å²) in [7, 11) is 5.05. The molecule has 0 unspecified atom stereocenters. The maximum absolute atomic E-state index is 12.0. The van der Waals surface area contributed by atoms with Gasteiger partial charge >= 0.3 is 6.18 Å². The van der Waals surface area contributed by atoms with Gasteiger partial charge in [-0.05, 0) is 51.3 Å². The molecule has 0 saturated heterocycles. The Labute approximate surface area is 187 Å². The third-order valence-electron chi connectivity index (χ3n) is 4.41. The highest BCUT2D eigenvalue weighted by atomic mass is 19.4. The number of aromatic nitrogens is 6. The van der Waals surface area contributed by atoms with E-state index in [-0.39, 0.29) is 26.1 Å². The van der Waals surface area contributed by atoms with Crippen LogP contribution in [0.15, 0.2) is 12.4 Å². The second-order valence-corrected chi connectivity index (χ2v) is 6.92. The minimum atomic E-state index is -4.33. The van der Waals surface area contributed by atoms with E-state index in [2.05, 4.69) is 29.1 Å². The maximum Gasteiger partial charge on any atom is 0.435 e. The fourth-order valence-electron chi connectivity index (χ4n) is 2.61. The highest BCUT2D eigenvalue weighted by Gasteiger charge is 2.35. The molecule has 0 radical (unpaired) electrons. The van der Waals surface area contributed by atoms with E-state index < -0.39 is 18.3 Å². The van der Waals surface area contributed by atoms with Crippen molar-refractivity contribution >= 4 is 0 Å². The summed E-state index contributed by atoms with van der Waals surface area (Å²) >= 11 is 0. The van der Waals surface area contributed by atoms with Gasteiger partial charge in [0.25, 0.3) is 6.43 Å². The van der Waals surface area contributed by atoms with Gasteiger partial charge in [0, 0.05) is 39.2 Å². The van der Waals surface area contributed by atoms with Crippen LogP contribution in [0, 0.1) is 34.6 Å². The maximum atomic E-state index is 12.0. The first kappa shape index (κ1) is 31.5. The summed E-state index contributed by atoms with van der Waals surface area (Å²) in [5.41, 5.74) is 3.46. The number of alkyl halides is 5. The monoisotopic (exact) mass is 466 g/mol. The SMILES string of the molecule is C.C.Cc1cn(C)nc1C(F)(F)F.Cc1cn(C)nc1C(F)F.Cc1nn(C)c(C)c1C. The number of halogens is 5. The van der Waals surface area contributed by atoms with Crippen molar-refractivity contribution in [1.29, 1.82) is 0 Å². The fourth-order valence-corrected chi connectivity index (χ4v) is 2.61. The molecule has 6 nitrogen and oxygen atoms in total. The summed E-state index contributed by atoms with van der Waals surface area (Å²) in [6.45, 7) is 9.21. The fraction of sp³-hybridized carbons (Fsp3) is 0.571. The summed E-state index contributed by atoms with van der Waals surface area (Å²) in [6.07, 6.45) is -3.88. The molecule has 3 rings (SSSR count). The minimum Gasteiger partial charge on any atom is -0.275 e. The third-order valence-corrected chi connectivity index (χ3v) is 4.41. The highest BCUT2D eigenvalue weighted by molar-refractivity contribution is 5.21. The van der Waals surface area contributed by atoms with Crippen LogP contribution in [-0.2, 0) is 27.3 Å². The number of rotatable bonds is 1. The lowest BCUT2D eigenvalue weighted by Gasteiger charge is -2.01. The smallest absolute Gasteiger partial charge is 0.275 e. The number of hydrogen-bond donors (Lipinski definition) is 0. The minimum absolute atomic E-state index is 0. The molecule has 0 fully saturated rings. The van der Waals surface area contributed by atoms with E-state index in [9.17, 15) is 22.0 Å². The van der Waals surface area contributed by atoms with Gasteiger partial charge in [-0.25, -0.2) is 8.78 Å². The molecule has 0 saturated carbocycles. The molecule has 0 N–H and O–H groups in total. The van der Waals surface area contributed by atoms with Crippen molar-refractivity contribution in [3.8, 4) is 0 Å². The van der Waals surface area contributed by atoms with Crippen LogP contribution in [0.4, 0.5) is 22.0 Å². The number of hydrogen-bond acceptors (Lipinski definition) is 3. The zero-order valence-electron chi connectivity index (χ0n) is 18.3. The van der Waals surface area contributed by atoms with Crippen LogP contribution >= 0.6 is 0 Å². The topological polar surface area (TPSA) is 53.5 Å². The van der Waals surface area contributed by atoms with Crippen LogP contribution in [-0.4, -0.2) is 29.3 Å². The molecule has 0 aliphatic rings. The number of aryl methyl sites for hydroxylation is 6. The van der Waals surface area contributed by atoms with Crippen LogP contribution < -0.4 is 0 Å². The van der Waals surface area contributed by atoms with Gasteiger partial charge in [-0.3, -0.25) is 14.0 Å². The zero-order valence-corrected chi connectivity index (χ0v) is 18.3. The highest BCUT2D eigenvalue weighted by Crippen LogP contribution is 2.29. The summed E-state index contributed by atoms with van der Waals surface area (Å²) in [4.78, 5) is 0. The Morgan fingerprint density at radius 2 is 1.25 bits per heavy atom. The van der Waals surface area contributed by atoms with E-state index in [0.717, 1.165) is 10.4 Å². The predicted octanol–water partition coefficient (Wildman–Crippen LogP) is 6.03. The Hall–Kier alpha value is -2.72. The van der Waals surface area contributed by atoms with Crippen molar-refractivity contribution < 1.29 is 22.0 Å². The lowest BCUT2D eigenvalue weighted by atomic mass is 10.2. The molecule has 0 aliphatic heterocycles. The Morgan fingerprint density at radius 3 is 1.41 bits per heavy atom. The van der Waals surface area contributed by atoms with Gasteiger partial charge in [0.05, 0.1) is 5.69 Å². The van der Waals surface area contributed by atoms with Crippen molar-refractivity contribution in [2.45, 2.75) is 62.1 Å².